The number of hydrogen-bond donors (Lipinski definition) is 1. The largest absolute Gasteiger partial charge is 0.367 e. The molecule has 0 aliphatic rings. The van der Waals surface area contributed by atoms with Gasteiger partial charge >= 0.3 is 0 Å². The third kappa shape index (κ3) is 1.29. The smallest absolute Gasteiger partial charge is 0.229 e. The van der Waals surface area contributed by atoms with Gasteiger partial charge in [0.05, 0.1) is 22.2 Å². The Balaban J connectivity index is 2.23. The third-order valence-corrected chi connectivity index (χ3v) is 3.46. The van der Waals surface area contributed by atoms with Gasteiger partial charge in [-0.2, -0.15) is 4.37 Å². The van der Waals surface area contributed by atoms with Crippen LogP contribution in [0.25, 0.3) is 21.2 Å². The standard InChI is InChI=1S/C11H9N3OS/c1-6-8-3-2-7(4-10(8)16-14-6)9-5-13-15-11(9)12/h2-5H,12H2,1H3. The van der Waals surface area contributed by atoms with E-state index in [1.807, 2.05) is 13.0 Å². The number of fused-ring (bicyclic) bond motifs is 1. The molecule has 2 N–H and O–H groups in total. The zero-order chi connectivity index (χ0) is 11.1. The van der Waals surface area contributed by atoms with Crippen molar-refractivity contribution in [3.05, 3.63) is 30.1 Å². The highest BCUT2D eigenvalue weighted by Gasteiger charge is 2.09. The summed E-state index contributed by atoms with van der Waals surface area (Å²) in [4.78, 5) is 0. The van der Waals surface area contributed by atoms with E-state index in [-0.39, 0.29) is 0 Å². The summed E-state index contributed by atoms with van der Waals surface area (Å²) in [6.07, 6.45) is 1.63. The average Bonchev–Trinajstić information content (AvgIpc) is 2.86. The van der Waals surface area contributed by atoms with Crippen LogP contribution in [0, 0.1) is 6.92 Å². The highest BCUT2D eigenvalue weighted by atomic mass is 32.1. The van der Waals surface area contributed by atoms with Crippen molar-refractivity contribution in [3.63, 3.8) is 0 Å². The molecule has 0 atom stereocenters. The van der Waals surface area contributed by atoms with Crippen molar-refractivity contribution in [2.75, 3.05) is 5.73 Å². The summed E-state index contributed by atoms with van der Waals surface area (Å²) in [5.74, 6) is 0.348. The molecule has 0 aliphatic carbocycles. The zero-order valence-electron chi connectivity index (χ0n) is 8.60. The predicted molar refractivity (Wildman–Crippen MR) is 64.3 cm³/mol. The maximum atomic E-state index is 5.68. The molecule has 2 aromatic heterocycles. The van der Waals surface area contributed by atoms with Crippen LogP contribution >= 0.6 is 11.5 Å². The normalized spacial score (nSPS) is 11.1. The van der Waals surface area contributed by atoms with Crippen LogP contribution in [0.1, 0.15) is 5.69 Å². The molecule has 5 heteroatoms. The highest BCUT2D eigenvalue weighted by molar-refractivity contribution is 7.13. The molecule has 1 aromatic carbocycles. The van der Waals surface area contributed by atoms with Crippen LogP contribution < -0.4 is 5.73 Å². The van der Waals surface area contributed by atoms with E-state index in [9.17, 15) is 0 Å². The van der Waals surface area contributed by atoms with Gasteiger partial charge in [-0.15, -0.1) is 0 Å². The van der Waals surface area contributed by atoms with Crippen LogP contribution in [-0.4, -0.2) is 9.53 Å². The van der Waals surface area contributed by atoms with Gasteiger partial charge in [0, 0.05) is 5.39 Å². The van der Waals surface area contributed by atoms with Gasteiger partial charge in [0.25, 0.3) is 0 Å². The number of aromatic nitrogens is 2. The van der Waals surface area contributed by atoms with Crippen molar-refractivity contribution in [2.24, 2.45) is 0 Å². The van der Waals surface area contributed by atoms with Crippen LogP contribution in [0.5, 0.6) is 0 Å². The van der Waals surface area contributed by atoms with E-state index in [2.05, 4.69) is 21.7 Å². The summed E-state index contributed by atoms with van der Waals surface area (Å²) < 4.78 is 10.3. The lowest BCUT2D eigenvalue weighted by atomic mass is 10.1. The molecule has 0 bridgehead atoms. The first-order valence-corrected chi connectivity index (χ1v) is 5.59. The van der Waals surface area contributed by atoms with Crippen LogP contribution in [0.4, 0.5) is 5.88 Å². The zero-order valence-corrected chi connectivity index (χ0v) is 9.41. The topological polar surface area (TPSA) is 64.9 Å². The van der Waals surface area contributed by atoms with Gasteiger partial charge in [-0.3, -0.25) is 0 Å². The molecule has 0 aliphatic heterocycles. The van der Waals surface area contributed by atoms with Gasteiger partial charge in [-0.25, -0.2) is 0 Å². The minimum atomic E-state index is 0.348. The number of nitrogens with zero attached hydrogens (tertiary/aromatic N) is 2. The number of benzene rings is 1. The molecule has 2 heterocycles. The number of aryl methyl sites for hydroxylation is 1. The van der Waals surface area contributed by atoms with Crippen molar-refractivity contribution in [3.8, 4) is 11.1 Å². The monoisotopic (exact) mass is 231 g/mol. The minimum Gasteiger partial charge on any atom is -0.367 e. The van der Waals surface area contributed by atoms with E-state index in [0.717, 1.165) is 21.5 Å². The fraction of sp³-hybridized carbons (Fsp3) is 0.0909. The van der Waals surface area contributed by atoms with Gasteiger partial charge in [0.1, 0.15) is 0 Å². The average molecular weight is 231 g/mol. The van der Waals surface area contributed by atoms with Crippen LogP contribution in [-0.2, 0) is 0 Å². The number of nitrogen functional groups attached to an aromatic ring is 1. The Morgan fingerprint density at radius 1 is 1.38 bits per heavy atom. The molecular weight excluding hydrogens is 222 g/mol. The van der Waals surface area contributed by atoms with Crippen molar-refractivity contribution < 1.29 is 4.52 Å². The van der Waals surface area contributed by atoms with E-state index in [0.29, 0.717) is 5.88 Å². The van der Waals surface area contributed by atoms with Crippen LogP contribution in [0.2, 0.25) is 0 Å². The number of anilines is 1. The molecule has 4 nitrogen and oxygen atoms in total. The molecule has 0 radical (unpaired) electrons. The first-order chi connectivity index (χ1) is 7.75. The quantitative estimate of drug-likeness (QED) is 0.699. The van der Waals surface area contributed by atoms with Crippen molar-refractivity contribution in [2.45, 2.75) is 6.92 Å². The van der Waals surface area contributed by atoms with Crippen LogP contribution in [0.3, 0.4) is 0 Å². The minimum absolute atomic E-state index is 0.348. The lowest BCUT2D eigenvalue weighted by Gasteiger charge is -1.97. The third-order valence-electron chi connectivity index (χ3n) is 2.56. The molecule has 0 fully saturated rings. The fourth-order valence-corrected chi connectivity index (χ4v) is 2.52. The van der Waals surface area contributed by atoms with Gasteiger partial charge in [0.15, 0.2) is 0 Å². The van der Waals surface area contributed by atoms with E-state index < -0.39 is 0 Å². The van der Waals surface area contributed by atoms with Gasteiger partial charge in [-0.1, -0.05) is 17.3 Å². The number of hydrogen-bond acceptors (Lipinski definition) is 5. The Bertz CT molecular complexity index is 656. The first kappa shape index (κ1) is 9.35. The number of rotatable bonds is 1. The maximum Gasteiger partial charge on any atom is 0.229 e. The molecule has 80 valence electrons. The molecule has 0 spiro atoms. The summed E-state index contributed by atoms with van der Waals surface area (Å²) in [6.45, 7) is 2.01. The maximum absolute atomic E-state index is 5.68. The van der Waals surface area contributed by atoms with Crippen molar-refractivity contribution in [1.82, 2.24) is 9.53 Å². The molecule has 0 unspecified atom stereocenters. The molecule has 3 rings (SSSR count). The Morgan fingerprint density at radius 3 is 3.00 bits per heavy atom. The molecule has 0 amide bonds. The second-order valence-electron chi connectivity index (χ2n) is 3.58. The Hall–Kier alpha value is -1.88. The molecule has 0 saturated carbocycles. The van der Waals surface area contributed by atoms with E-state index in [1.54, 1.807) is 6.20 Å². The molecular formula is C11H9N3OS. The lowest BCUT2D eigenvalue weighted by molar-refractivity contribution is 0.436. The van der Waals surface area contributed by atoms with Gasteiger partial charge in [0.2, 0.25) is 5.88 Å². The van der Waals surface area contributed by atoms with Crippen molar-refractivity contribution in [1.29, 1.82) is 0 Å². The summed E-state index contributed by atoms with van der Waals surface area (Å²) in [5.41, 5.74) is 8.58. The Morgan fingerprint density at radius 2 is 2.25 bits per heavy atom. The van der Waals surface area contributed by atoms with Gasteiger partial charge < -0.3 is 10.3 Å². The summed E-state index contributed by atoms with van der Waals surface area (Å²) in [7, 11) is 0. The molecule has 0 saturated heterocycles. The van der Waals surface area contributed by atoms with Gasteiger partial charge in [-0.05, 0) is 30.1 Å². The predicted octanol–water partition coefficient (Wildman–Crippen LogP) is 2.84. The summed E-state index contributed by atoms with van der Waals surface area (Å²) in [5, 5.41) is 4.86. The van der Waals surface area contributed by atoms with Crippen molar-refractivity contribution >= 4 is 27.5 Å². The molecule has 16 heavy (non-hydrogen) atoms. The fourth-order valence-electron chi connectivity index (χ4n) is 1.70. The van der Waals surface area contributed by atoms with E-state index in [4.69, 9.17) is 10.3 Å². The second kappa shape index (κ2) is 3.31. The summed E-state index contributed by atoms with van der Waals surface area (Å²) >= 11 is 1.49. The second-order valence-corrected chi connectivity index (χ2v) is 4.39. The Kier molecular flexibility index (Phi) is 1.94. The van der Waals surface area contributed by atoms with E-state index in [1.165, 1.54) is 16.9 Å². The molecule has 3 aromatic rings. The summed E-state index contributed by atoms with van der Waals surface area (Å²) in [6, 6.07) is 6.12. The first-order valence-electron chi connectivity index (χ1n) is 4.82. The lowest BCUT2D eigenvalue weighted by Crippen LogP contribution is -1.84. The number of nitrogens with two attached hydrogens (primary N) is 1. The van der Waals surface area contributed by atoms with Crippen LogP contribution in [0.15, 0.2) is 28.9 Å². The SMILES string of the molecule is Cc1nsc2cc(-c3cnoc3N)ccc12. The van der Waals surface area contributed by atoms with E-state index >= 15 is 0 Å². The Labute approximate surface area is 95.8 Å². The highest BCUT2D eigenvalue weighted by Crippen LogP contribution is 2.31.